The Bertz CT molecular complexity index is 864. The molecule has 6 nitrogen and oxygen atoms in total. The van der Waals surface area contributed by atoms with Crippen molar-refractivity contribution in [2.24, 2.45) is 0 Å². The monoisotopic (exact) mass is 369 g/mol. The summed E-state index contributed by atoms with van der Waals surface area (Å²) in [6.07, 6.45) is -2.75. The van der Waals surface area contributed by atoms with E-state index in [0.717, 1.165) is 0 Å². The highest BCUT2D eigenvalue weighted by Gasteiger charge is 2.17. The maximum atomic E-state index is 12.8. The lowest BCUT2D eigenvalue weighted by Gasteiger charge is -2.03. The number of ether oxygens (including phenoxy) is 1. The van der Waals surface area contributed by atoms with Crippen molar-refractivity contribution < 1.29 is 27.1 Å². The van der Waals surface area contributed by atoms with Crippen molar-refractivity contribution in [3.63, 3.8) is 0 Å². The molecule has 0 saturated carbocycles. The summed E-state index contributed by atoms with van der Waals surface area (Å²) >= 11 is 0.578. The Morgan fingerprint density at radius 3 is 2.64 bits per heavy atom. The van der Waals surface area contributed by atoms with Crippen LogP contribution in [0.1, 0.15) is 27.7 Å². The number of hydrogen-bond acceptors (Lipinski definition) is 6. The number of carbonyl (C=O) groups excluding carboxylic acids is 1. The van der Waals surface area contributed by atoms with Crippen LogP contribution in [-0.2, 0) is 6.61 Å². The molecule has 0 saturated heterocycles. The first-order valence-corrected chi connectivity index (χ1v) is 7.73. The summed E-state index contributed by atoms with van der Waals surface area (Å²) in [4.78, 5) is 12.0. The second-order valence-electron chi connectivity index (χ2n) is 4.71. The second kappa shape index (κ2) is 7.34. The number of hydrogen-bond donors (Lipinski definition) is 1. The summed E-state index contributed by atoms with van der Waals surface area (Å²) in [5.41, 5.74) is 0. The highest BCUT2D eigenvalue weighted by molar-refractivity contribution is 7.15. The van der Waals surface area contributed by atoms with E-state index in [-0.39, 0.29) is 23.3 Å². The Morgan fingerprint density at radius 2 is 1.96 bits per heavy atom. The lowest BCUT2D eigenvalue weighted by molar-refractivity contribution is 0.0992. The number of alkyl halides is 2. The van der Waals surface area contributed by atoms with Crippen LogP contribution in [0, 0.1) is 5.82 Å². The number of carbonyl (C=O) groups is 1. The largest absolute Gasteiger partial charge is 0.486 e. The van der Waals surface area contributed by atoms with Crippen molar-refractivity contribution in [3.05, 3.63) is 58.7 Å². The molecule has 3 aromatic rings. The topological polar surface area (TPSA) is 77.2 Å². The zero-order chi connectivity index (χ0) is 17.8. The quantitative estimate of drug-likeness (QED) is 0.710. The number of benzene rings is 1. The minimum atomic E-state index is -2.75. The molecule has 0 unspecified atom stereocenters. The molecule has 2 aromatic heterocycles. The van der Waals surface area contributed by atoms with E-state index < -0.39 is 17.3 Å². The molecule has 3 rings (SSSR count). The van der Waals surface area contributed by atoms with Gasteiger partial charge in [0.2, 0.25) is 5.13 Å². The molecular formula is C15H10F3N3O3S. The first kappa shape index (κ1) is 17.0. The maximum Gasteiger partial charge on any atom is 0.293 e. The molecule has 0 aliphatic heterocycles. The van der Waals surface area contributed by atoms with Crippen molar-refractivity contribution in [1.82, 2.24) is 10.2 Å². The molecule has 0 atom stereocenters. The maximum absolute atomic E-state index is 12.8. The zero-order valence-electron chi connectivity index (χ0n) is 12.4. The molecule has 0 bridgehead atoms. The van der Waals surface area contributed by atoms with Gasteiger partial charge in [-0.2, -0.15) is 0 Å². The summed E-state index contributed by atoms with van der Waals surface area (Å²) in [6.45, 7) is 0.0350. The Kier molecular flexibility index (Phi) is 4.98. The van der Waals surface area contributed by atoms with Gasteiger partial charge >= 0.3 is 0 Å². The molecule has 0 aliphatic rings. The van der Waals surface area contributed by atoms with E-state index >= 15 is 0 Å². The van der Waals surface area contributed by atoms with Crippen LogP contribution in [0.25, 0.3) is 0 Å². The van der Waals surface area contributed by atoms with Crippen LogP contribution < -0.4 is 10.1 Å². The lowest BCUT2D eigenvalue weighted by Crippen LogP contribution is -2.10. The predicted octanol–water partition coefficient (Wildman–Crippen LogP) is 4.04. The number of rotatable bonds is 6. The predicted molar refractivity (Wildman–Crippen MR) is 82.3 cm³/mol. The highest BCUT2D eigenvalue weighted by Crippen LogP contribution is 2.25. The summed E-state index contributed by atoms with van der Waals surface area (Å²) in [6, 6.07) is 8.37. The molecule has 130 valence electrons. The molecule has 10 heteroatoms. The first-order chi connectivity index (χ1) is 12.0. The fourth-order valence-electron chi connectivity index (χ4n) is 1.79. The Labute approximate surface area is 143 Å². The van der Waals surface area contributed by atoms with Crippen LogP contribution in [-0.4, -0.2) is 16.1 Å². The van der Waals surface area contributed by atoms with Gasteiger partial charge in [0, 0.05) is 0 Å². The number of nitrogens with zero attached hydrogens (tertiary/aromatic N) is 2. The number of amides is 1. The third-order valence-corrected chi connectivity index (χ3v) is 3.77. The van der Waals surface area contributed by atoms with Crippen molar-refractivity contribution >= 4 is 22.4 Å². The van der Waals surface area contributed by atoms with E-state index in [1.54, 1.807) is 0 Å². The van der Waals surface area contributed by atoms with Crippen molar-refractivity contribution in [2.45, 2.75) is 13.0 Å². The van der Waals surface area contributed by atoms with Crippen LogP contribution >= 0.6 is 11.3 Å². The third kappa shape index (κ3) is 4.35. The molecule has 1 aromatic carbocycles. The second-order valence-corrected chi connectivity index (χ2v) is 5.72. The molecule has 25 heavy (non-hydrogen) atoms. The summed E-state index contributed by atoms with van der Waals surface area (Å²) in [5.74, 6) is -0.260. The number of furan rings is 1. The van der Waals surface area contributed by atoms with Crippen LogP contribution in [0.15, 0.2) is 40.8 Å². The van der Waals surface area contributed by atoms with E-state index in [1.807, 2.05) is 0 Å². The zero-order valence-corrected chi connectivity index (χ0v) is 13.2. The minimum absolute atomic E-state index is 0.0350. The molecule has 0 fully saturated rings. The van der Waals surface area contributed by atoms with Gasteiger partial charge in [0.15, 0.2) is 10.8 Å². The number of aromatic nitrogens is 2. The Balaban J connectivity index is 1.58. The first-order valence-electron chi connectivity index (χ1n) is 6.91. The van der Waals surface area contributed by atoms with Gasteiger partial charge in [0.1, 0.15) is 23.9 Å². The van der Waals surface area contributed by atoms with Crippen molar-refractivity contribution in [2.75, 3.05) is 5.32 Å². The van der Waals surface area contributed by atoms with Crippen LogP contribution in [0.2, 0.25) is 0 Å². The smallest absolute Gasteiger partial charge is 0.293 e. The summed E-state index contributed by atoms with van der Waals surface area (Å²) < 4.78 is 48.4. The Morgan fingerprint density at radius 1 is 1.20 bits per heavy atom. The van der Waals surface area contributed by atoms with Gasteiger partial charge < -0.3 is 9.15 Å². The summed E-state index contributed by atoms with van der Waals surface area (Å²) in [7, 11) is 0. The van der Waals surface area contributed by atoms with E-state index in [2.05, 4.69) is 15.5 Å². The fraction of sp³-hybridized carbons (Fsp3) is 0.133. The van der Waals surface area contributed by atoms with Crippen molar-refractivity contribution in [1.29, 1.82) is 0 Å². The molecule has 1 amide bonds. The van der Waals surface area contributed by atoms with Gasteiger partial charge in [-0.25, -0.2) is 13.2 Å². The lowest BCUT2D eigenvalue weighted by atomic mass is 10.3. The van der Waals surface area contributed by atoms with Gasteiger partial charge in [-0.3, -0.25) is 10.1 Å². The third-order valence-electron chi connectivity index (χ3n) is 2.93. The molecule has 0 aliphatic carbocycles. The average molecular weight is 369 g/mol. The van der Waals surface area contributed by atoms with Gasteiger partial charge in [0.25, 0.3) is 12.3 Å². The molecule has 0 spiro atoms. The minimum Gasteiger partial charge on any atom is -0.486 e. The van der Waals surface area contributed by atoms with E-state index in [4.69, 9.17) is 9.15 Å². The molecule has 1 N–H and O–H groups in total. The molecule has 2 heterocycles. The van der Waals surface area contributed by atoms with Crippen LogP contribution in [0.3, 0.4) is 0 Å². The number of anilines is 1. The van der Waals surface area contributed by atoms with Gasteiger partial charge in [0.05, 0.1) is 0 Å². The van der Waals surface area contributed by atoms with E-state index in [1.165, 1.54) is 36.4 Å². The average Bonchev–Trinajstić information content (AvgIpc) is 3.23. The highest BCUT2D eigenvalue weighted by atomic mass is 32.1. The summed E-state index contributed by atoms with van der Waals surface area (Å²) in [5, 5.41) is 8.50. The SMILES string of the molecule is O=C(Nc1nnc(C(F)F)s1)c1ccc(COc2ccc(F)cc2)o1. The van der Waals surface area contributed by atoms with Gasteiger partial charge in [-0.05, 0) is 36.4 Å². The standard InChI is InChI=1S/C15H10F3N3O3S/c16-8-1-3-9(4-2-8)23-7-10-5-6-11(24-10)13(22)19-15-21-20-14(25-15)12(17)18/h1-6,12H,7H2,(H,19,21,22). The molecular weight excluding hydrogens is 359 g/mol. The van der Waals surface area contributed by atoms with Crippen LogP contribution in [0.5, 0.6) is 5.75 Å². The van der Waals surface area contributed by atoms with Crippen LogP contribution in [0.4, 0.5) is 18.3 Å². The van der Waals surface area contributed by atoms with E-state index in [0.29, 0.717) is 22.8 Å². The number of nitrogens with one attached hydrogen (secondary N) is 1. The normalized spacial score (nSPS) is 10.9. The molecule has 0 radical (unpaired) electrons. The number of halogens is 3. The Hall–Kier alpha value is -2.88. The van der Waals surface area contributed by atoms with Gasteiger partial charge in [-0.15, -0.1) is 10.2 Å². The van der Waals surface area contributed by atoms with Crippen molar-refractivity contribution in [3.8, 4) is 5.75 Å². The van der Waals surface area contributed by atoms with E-state index in [9.17, 15) is 18.0 Å². The van der Waals surface area contributed by atoms with Gasteiger partial charge in [-0.1, -0.05) is 11.3 Å². The fourth-order valence-corrected chi connectivity index (χ4v) is 2.39.